The number of hydrogen-bond acceptors (Lipinski definition) is 2. The van der Waals surface area contributed by atoms with Gasteiger partial charge in [-0.05, 0) is 56.0 Å². The summed E-state index contributed by atoms with van der Waals surface area (Å²) in [7, 11) is 1.98. The first-order chi connectivity index (χ1) is 14.4. The number of urea groups is 1. The van der Waals surface area contributed by atoms with Gasteiger partial charge in [-0.2, -0.15) is 0 Å². The molecule has 2 aromatic rings. The van der Waals surface area contributed by atoms with Crippen LogP contribution >= 0.6 is 11.6 Å². The van der Waals surface area contributed by atoms with Crippen molar-refractivity contribution in [1.82, 2.24) is 14.4 Å². The number of hydrogen-bond donors (Lipinski definition) is 1. The summed E-state index contributed by atoms with van der Waals surface area (Å²) in [6.45, 7) is 5.36. The first-order valence-corrected chi connectivity index (χ1v) is 11.0. The van der Waals surface area contributed by atoms with Gasteiger partial charge >= 0.3 is 6.03 Å². The number of aryl methyl sites for hydroxylation is 2. The molecule has 162 valence electrons. The summed E-state index contributed by atoms with van der Waals surface area (Å²) >= 11 is 6.18. The fourth-order valence-electron chi connectivity index (χ4n) is 3.36. The van der Waals surface area contributed by atoms with Crippen LogP contribution in [-0.4, -0.2) is 45.4 Å². The Kier molecular flexibility index (Phi) is 7.43. The van der Waals surface area contributed by atoms with Crippen molar-refractivity contribution in [2.24, 2.45) is 7.05 Å². The Morgan fingerprint density at radius 1 is 1.27 bits per heavy atom. The van der Waals surface area contributed by atoms with E-state index in [1.165, 1.54) is 0 Å². The first kappa shape index (κ1) is 22.2. The zero-order chi connectivity index (χ0) is 21.7. The molecule has 0 aliphatic heterocycles. The number of nitrogens with one attached hydrogen (secondary N) is 1. The lowest BCUT2D eigenvalue weighted by molar-refractivity contribution is -0.132. The van der Waals surface area contributed by atoms with Gasteiger partial charge in [-0.15, -0.1) is 0 Å². The molecule has 1 heterocycles. The highest BCUT2D eigenvalue weighted by molar-refractivity contribution is 6.31. The van der Waals surface area contributed by atoms with Gasteiger partial charge in [0.1, 0.15) is 6.54 Å². The quantitative estimate of drug-likeness (QED) is 0.620. The minimum Gasteiger partial charge on any atom is -0.353 e. The van der Waals surface area contributed by atoms with Crippen molar-refractivity contribution in [3.63, 3.8) is 0 Å². The number of carbonyl (C=O) groups is 2. The van der Waals surface area contributed by atoms with E-state index in [1.54, 1.807) is 11.0 Å². The van der Waals surface area contributed by atoms with Crippen molar-refractivity contribution >= 4 is 29.2 Å². The van der Waals surface area contributed by atoms with Crippen molar-refractivity contribution < 1.29 is 9.59 Å². The summed E-state index contributed by atoms with van der Waals surface area (Å²) in [4.78, 5) is 29.6. The first-order valence-electron chi connectivity index (χ1n) is 10.6. The molecule has 0 spiro atoms. The molecule has 1 aliphatic carbocycles. The van der Waals surface area contributed by atoms with Crippen LogP contribution in [0.25, 0.3) is 0 Å². The molecule has 1 aromatic carbocycles. The number of unbranched alkanes of at least 4 members (excludes halogenated alkanes) is 1. The largest absolute Gasteiger partial charge is 0.353 e. The molecule has 30 heavy (non-hydrogen) atoms. The smallest absolute Gasteiger partial charge is 0.322 e. The Hall–Kier alpha value is -2.47. The molecule has 1 aliphatic rings. The maximum atomic E-state index is 13.2. The number of nitrogens with zero attached hydrogens (tertiary/aromatic N) is 3. The minimum atomic E-state index is -0.250. The summed E-state index contributed by atoms with van der Waals surface area (Å²) < 4.78 is 2.03. The van der Waals surface area contributed by atoms with E-state index in [-0.39, 0.29) is 24.5 Å². The van der Waals surface area contributed by atoms with Crippen molar-refractivity contribution in [2.75, 3.05) is 18.4 Å². The molecule has 3 rings (SSSR count). The van der Waals surface area contributed by atoms with Gasteiger partial charge in [0.25, 0.3) is 0 Å². The minimum absolute atomic E-state index is 0.0198. The molecule has 0 bridgehead atoms. The lowest BCUT2D eigenvalue weighted by atomic mass is 10.2. The third kappa shape index (κ3) is 5.79. The van der Waals surface area contributed by atoms with Crippen LogP contribution in [0.15, 0.2) is 36.5 Å². The van der Waals surface area contributed by atoms with Gasteiger partial charge in [0.05, 0.1) is 6.54 Å². The lowest BCUT2D eigenvalue weighted by Gasteiger charge is -2.28. The van der Waals surface area contributed by atoms with E-state index in [0.29, 0.717) is 23.8 Å². The molecular weight excluding hydrogens is 400 g/mol. The van der Waals surface area contributed by atoms with Gasteiger partial charge in [0.15, 0.2) is 0 Å². The average molecular weight is 431 g/mol. The van der Waals surface area contributed by atoms with E-state index >= 15 is 0 Å². The maximum Gasteiger partial charge on any atom is 0.322 e. The van der Waals surface area contributed by atoms with Crippen LogP contribution in [0.5, 0.6) is 0 Å². The summed E-state index contributed by atoms with van der Waals surface area (Å²) in [6, 6.07) is 9.32. The zero-order valence-electron chi connectivity index (χ0n) is 18.0. The molecule has 1 saturated carbocycles. The highest BCUT2D eigenvalue weighted by atomic mass is 35.5. The normalized spacial score (nSPS) is 13.2. The van der Waals surface area contributed by atoms with Crippen LogP contribution in [0.4, 0.5) is 10.5 Å². The van der Waals surface area contributed by atoms with Crippen LogP contribution in [-0.2, 0) is 18.4 Å². The highest BCUT2D eigenvalue weighted by Crippen LogP contribution is 2.28. The van der Waals surface area contributed by atoms with Gasteiger partial charge in [-0.1, -0.05) is 31.0 Å². The van der Waals surface area contributed by atoms with E-state index in [2.05, 4.69) is 12.2 Å². The molecular formula is C23H31ClN4O2. The Morgan fingerprint density at radius 3 is 2.63 bits per heavy atom. The molecule has 7 heteroatoms. The lowest BCUT2D eigenvalue weighted by Crippen LogP contribution is -2.45. The number of halogens is 1. The van der Waals surface area contributed by atoms with Gasteiger partial charge in [0.2, 0.25) is 5.91 Å². The molecule has 0 unspecified atom stereocenters. The summed E-state index contributed by atoms with van der Waals surface area (Å²) in [6.07, 6.45) is 5.80. The van der Waals surface area contributed by atoms with E-state index in [9.17, 15) is 9.59 Å². The fourth-order valence-corrected chi connectivity index (χ4v) is 3.54. The zero-order valence-corrected chi connectivity index (χ0v) is 18.8. The SMILES string of the molecule is CCCCN(Cc1cccn1C)C(=O)CN(C(=O)Nc1ccc(C)c(Cl)c1)C1CC1. The number of aromatic nitrogens is 1. The van der Waals surface area contributed by atoms with E-state index in [4.69, 9.17) is 11.6 Å². The topological polar surface area (TPSA) is 57.6 Å². The number of amides is 3. The maximum absolute atomic E-state index is 13.2. The average Bonchev–Trinajstić information content (AvgIpc) is 3.48. The Morgan fingerprint density at radius 2 is 2.03 bits per heavy atom. The number of carbonyl (C=O) groups excluding carboxylic acids is 2. The second kappa shape index (κ2) is 10.0. The number of benzene rings is 1. The molecule has 0 atom stereocenters. The predicted octanol–water partition coefficient (Wildman–Crippen LogP) is 4.81. The molecule has 1 aromatic heterocycles. The second-order valence-electron chi connectivity index (χ2n) is 8.03. The van der Waals surface area contributed by atoms with E-state index in [1.807, 2.05) is 53.9 Å². The monoisotopic (exact) mass is 430 g/mol. The standard InChI is InChI=1S/C23H31ClN4O2/c1-4-5-13-27(15-20-7-6-12-26(20)3)22(29)16-28(19-10-11-19)23(30)25-18-9-8-17(2)21(24)14-18/h6-9,12,14,19H,4-5,10-11,13,15-16H2,1-3H3,(H,25,30). The molecule has 0 saturated heterocycles. The summed E-state index contributed by atoms with van der Waals surface area (Å²) in [5.41, 5.74) is 2.67. The third-order valence-corrected chi connectivity index (χ3v) is 5.92. The van der Waals surface area contributed by atoms with Crippen molar-refractivity contribution in [3.8, 4) is 0 Å². The van der Waals surface area contributed by atoms with Gasteiger partial charge < -0.3 is 19.7 Å². The fraction of sp³-hybridized carbons (Fsp3) is 0.478. The summed E-state index contributed by atoms with van der Waals surface area (Å²) in [5.74, 6) is -0.0198. The molecule has 1 fully saturated rings. The van der Waals surface area contributed by atoms with Crippen molar-refractivity contribution in [2.45, 2.75) is 52.1 Å². The van der Waals surface area contributed by atoms with Gasteiger partial charge in [-0.3, -0.25) is 4.79 Å². The van der Waals surface area contributed by atoms with E-state index < -0.39 is 0 Å². The molecule has 1 N–H and O–H groups in total. The Balaban J connectivity index is 1.68. The highest BCUT2D eigenvalue weighted by Gasteiger charge is 2.35. The van der Waals surface area contributed by atoms with Crippen molar-refractivity contribution in [1.29, 1.82) is 0 Å². The predicted molar refractivity (Wildman–Crippen MR) is 121 cm³/mol. The van der Waals surface area contributed by atoms with Crippen LogP contribution in [0.3, 0.4) is 0 Å². The third-order valence-electron chi connectivity index (χ3n) is 5.52. The Bertz CT molecular complexity index is 891. The van der Waals surface area contributed by atoms with Crippen molar-refractivity contribution in [3.05, 3.63) is 52.8 Å². The number of rotatable bonds is 9. The van der Waals surface area contributed by atoms with Crippen LogP contribution in [0, 0.1) is 6.92 Å². The van der Waals surface area contributed by atoms with Gasteiger partial charge in [0, 0.05) is 42.2 Å². The Labute approximate surface area is 183 Å². The van der Waals surface area contributed by atoms with Crippen LogP contribution in [0.2, 0.25) is 5.02 Å². The van der Waals surface area contributed by atoms with Crippen LogP contribution in [0.1, 0.15) is 43.9 Å². The summed E-state index contributed by atoms with van der Waals surface area (Å²) in [5, 5.41) is 3.51. The van der Waals surface area contributed by atoms with Crippen LogP contribution < -0.4 is 5.32 Å². The van der Waals surface area contributed by atoms with Gasteiger partial charge in [-0.25, -0.2) is 4.79 Å². The molecule has 6 nitrogen and oxygen atoms in total. The molecule has 0 radical (unpaired) electrons. The number of anilines is 1. The second-order valence-corrected chi connectivity index (χ2v) is 8.44. The van der Waals surface area contributed by atoms with E-state index in [0.717, 1.165) is 36.9 Å². The molecule has 3 amide bonds.